The van der Waals surface area contributed by atoms with Gasteiger partial charge in [-0.2, -0.15) is 0 Å². The number of nitrogens with one attached hydrogen (secondary N) is 3. The summed E-state index contributed by atoms with van der Waals surface area (Å²) >= 11 is 1.33. The highest BCUT2D eigenvalue weighted by molar-refractivity contribution is 8.00. The van der Waals surface area contributed by atoms with Gasteiger partial charge in [-0.1, -0.05) is 60.7 Å². The van der Waals surface area contributed by atoms with Crippen LogP contribution in [0.25, 0.3) is 6.08 Å². The quantitative estimate of drug-likeness (QED) is 0.0991. The van der Waals surface area contributed by atoms with Crippen molar-refractivity contribution in [1.29, 1.82) is 0 Å². The third-order valence-corrected chi connectivity index (χ3v) is 8.08. The molecule has 4 aromatic carbocycles. The summed E-state index contributed by atoms with van der Waals surface area (Å²) in [6.45, 7) is 0. The maximum Gasteiger partial charge on any atom is 0.272 e. The smallest absolute Gasteiger partial charge is 0.272 e. The van der Waals surface area contributed by atoms with Crippen LogP contribution in [0.1, 0.15) is 26.7 Å². The Morgan fingerprint density at radius 1 is 0.745 bits per heavy atom. The molecule has 3 amide bonds. The van der Waals surface area contributed by atoms with Crippen LogP contribution < -0.4 is 25.4 Å². The van der Waals surface area contributed by atoms with Crippen molar-refractivity contribution in [2.24, 2.45) is 0 Å². The van der Waals surface area contributed by atoms with Gasteiger partial charge in [0.1, 0.15) is 22.4 Å². The number of aromatic nitrogens is 1. The second kappa shape index (κ2) is 15.9. The van der Waals surface area contributed by atoms with Crippen LogP contribution in [-0.2, 0) is 9.59 Å². The van der Waals surface area contributed by atoms with E-state index in [4.69, 9.17) is 9.47 Å². The molecule has 5 aromatic rings. The minimum Gasteiger partial charge on any atom is -0.497 e. The third-order valence-electron chi connectivity index (χ3n) is 6.83. The molecule has 10 heteroatoms. The highest BCUT2D eigenvalue weighted by atomic mass is 32.2. The topological polar surface area (TPSA) is 119 Å². The van der Waals surface area contributed by atoms with E-state index in [1.807, 2.05) is 42.5 Å². The first-order valence-electron chi connectivity index (χ1n) is 14.6. The number of hydrogen-bond acceptors (Lipinski definition) is 7. The van der Waals surface area contributed by atoms with Gasteiger partial charge in [0.05, 0.1) is 14.2 Å². The molecule has 0 spiro atoms. The maximum atomic E-state index is 13.7. The van der Waals surface area contributed by atoms with Crippen molar-refractivity contribution in [2.45, 2.75) is 10.1 Å². The zero-order chi connectivity index (χ0) is 33.0. The lowest BCUT2D eigenvalue weighted by Gasteiger charge is -2.18. The van der Waals surface area contributed by atoms with Gasteiger partial charge in [0, 0.05) is 52.4 Å². The molecule has 0 fully saturated rings. The van der Waals surface area contributed by atoms with Gasteiger partial charge in [0.15, 0.2) is 0 Å². The van der Waals surface area contributed by atoms with Crippen LogP contribution in [0.15, 0.2) is 138 Å². The van der Waals surface area contributed by atoms with E-state index in [1.165, 1.54) is 11.8 Å². The van der Waals surface area contributed by atoms with Crippen LogP contribution in [0.3, 0.4) is 0 Å². The van der Waals surface area contributed by atoms with Gasteiger partial charge in [-0.3, -0.25) is 19.4 Å². The number of rotatable bonds is 12. The standard InChI is InChI=1S/C37H32N4O5S/c1-45-30-20-29(21-31(23-30)46-2)40-37(44)34(26-12-5-3-6-13-26)47-32-17-9-16-28(22-32)39-36(43)33(19-25-11-10-18-38-24-25)41-35(42)27-14-7-4-8-15-27/h3-24,34H,1-2H3,(H,39,43)(H,40,44)(H,41,42)/b33-19-. The molecule has 0 bridgehead atoms. The van der Waals surface area contributed by atoms with Crippen LogP contribution >= 0.6 is 11.8 Å². The fourth-order valence-electron chi connectivity index (χ4n) is 4.54. The average molecular weight is 645 g/mol. The fourth-order valence-corrected chi connectivity index (χ4v) is 5.62. The molecule has 0 radical (unpaired) electrons. The number of ether oxygens (including phenoxy) is 2. The molecule has 3 N–H and O–H groups in total. The van der Waals surface area contributed by atoms with Crippen molar-refractivity contribution in [3.63, 3.8) is 0 Å². The minimum absolute atomic E-state index is 0.0418. The Morgan fingerprint density at radius 3 is 2.11 bits per heavy atom. The summed E-state index contributed by atoms with van der Waals surface area (Å²) in [6, 6.07) is 33.9. The maximum absolute atomic E-state index is 13.7. The SMILES string of the molecule is COc1cc(NC(=O)C(Sc2cccc(NC(=O)/C(=C/c3cccnc3)NC(=O)c3ccccc3)c2)c2ccccc2)cc(OC)c1. The number of amides is 3. The van der Waals surface area contributed by atoms with E-state index < -0.39 is 17.1 Å². The number of nitrogens with zero attached hydrogens (tertiary/aromatic N) is 1. The van der Waals surface area contributed by atoms with E-state index in [0.717, 1.165) is 10.5 Å². The molecular weight excluding hydrogens is 612 g/mol. The van der Waals surface area contributed by atoms with Crippen molar-refractivity contribution in [2.75, 3.05) is 24.9 Å². The zero-order valence-electron chi connectivity index (χ0n) is 25.7. The summed E-state index contributed by atoms with van der Waals surface area (Å²) in [6.07, 6.45) is 4.78. The monoisotopic (exact) mass is 644 g/mol. The summed E-state index contributed by atoms with van der Waals surface area (Å²) < 4.78 is 10.7. The number of thioether (sulfide) groups is 1. The summed E-state index contributed by atoms with van der Waals surface area (Å²) in [5.74, 6) is -0.112. The molecule has 0 saturated carbocycles. The minimum atomic E-state index is -0.634. The molecule has 5 rings (SSSR count). The Hall–Kier alpha value is -5.87. The lowest BCUT2D eigenvalue weighted by atomic mass is 10.1. The Kier molecular flexibility index (Phi) is 11.0. The number of benzene rings is 4. The molecule has 0 aliphatic rings. The van der Waals surface area contributed by atoms with Gasteiger partial charge < -0.3 is 25.4 Å². The fraction of sp³-hybridized carbons (Fsp3) is 0.0811. The van der Waals surface area contributed by atoms with Gasteiger partial charge in [-0.15, -0.1) is 11.8 Å². The zero-order valence-corrected chi connectivity index (χ0v) is 26.5. The highest BCUT2D eigenvalue weighted by Gasteiger charge is 2.23. The molecule has 1 aromatic heterocycles. The van der Waals surface area contributed by atoms with Gasteiger partial charge in [0.25, 0.3) is 11.8 Å². The Morgan fingerprint density at radius 2 is 1.45 bits per heavy atom. The highest BCUT2D eigenvalue weighted by Crippen LogP contribution is 2.38. The summed E-state index contributed by atoms with van der Waals surface area (Å²) in [5.41, 5.74) is 2.90. The molecule has 1 atom stereocenters. The van der Waals surface area contributed by atoms with Crippen LogP contribution in [0.4, 0.5) is 11.4 Å². The van der Waals surface area contributed by atoms with E-state index in [2.05, 4.69) is 20.9 Å². The first kappa shape index (κ1) is 32.5. The van der Waals surface area contributed by atoms with Crippen LogP contribution in [0, 0.1) is 0 Å². The van der Waals surface area contributed by atoms with Gasteiger partial charge >= 0.3 is 0 Å². The van der Waals surface area contributed by atoms with E-state index >= 15 is 0 Å². The Bertz CT molecular complexity index is 1850. The summed E-state index contributed by atoms with van der Waals surface area (Å²) in [5, 5.41) is 7.96. The van der Waals surface area contributed by atoms with Crippen LogP contribution in [-0.4, -0.2) is 36.9 Å². The molecule has 0 saturated heterocycles. The number of carbonyl (C=O) groups is 3. The summed E-state index contributed by atoms with van der Waals surface area (Å²) in [4.78, 5) is 45.1. The second-order valence-corrected chi connectivity index (χ2v) is 11.3. The molecule has 1 unspecified atom stereocenters. The molecular formula is C37H32N4O5S. The lowest BCUT2D eigenvalue weighted by Crippen LogP contribution is -2.30. The van der Waals surface area contributed by atoms with Gasteiger partial charge in [-0.25, -0.2) is 0 Å². The van der Waals surface area contributed by atoms with E-state index in [9.17, 15) is 14.4 Å². The van der Waals surface area contributed by atoms with Crippen molar-refractivity contribution >= 4 is 46.9 Å². The molecule has 47 heavy (non-hydrogen) atoms. The summed E-state index contributed by atoms with van der Waals surface area (Å²) in [7, 11) is 3.09. The Labute approximate surface area is 277 Å². The first-order chi connectivity index (χ1) is 22.9. The second-order valence-electron chi connectivity index (χ2n) is 10.1. The number of carbonyl (C=O) groups excluding carboxylic acids is 3. The van der Waals surface area contributed by atoms with Crippen molar-refractivity contribution < 1.29 is 23.9 Å². The number of hydrogen-bond donors (Lipinski definition) is 3. The number of anilines is 2. The number of pyridine rings is 1. The third kappa shape index (κ3) is 9.09. The van der Waals surface area contributed by atoms with E-state index in [1.54, 1.807) is 105 Å². The predicted molar refractivity (Wildman–Crippen MR) is 184 cm³/mol. The normalized spacial score (nSPS) is 11.6. The molecule has 9 nitrogen and oxygen atoms in total. The van der Waals surface area contributed by atoms with Crippen molar-refractivity contribution in [1.82, 2.24) is 10.3 Å². The van der Waals surface area contributed by atoms with Crippen molar-refractivity contribution in [3.8, 4) is 11.5 Å². The lowest BCUT2D eigenvalue weighted by molar-refractivity contribution is -0.116. The molecule has 1 heterocycles. The predicted octanol–water partition coefficient (Wildman–Crippen LogP) is 6.98. The van der Waals surface area contributed by atoms with Gasteiger partial charge in [-0.05, 0) is 53.6 Å². The number of methoxy groups -OCH3 is 2. The molecule has 236 valence electrons. The molecule has 0 aliphatic heterocycles. The van der Waals surface area contributed by atoms with Crippen LogP contribution in [0.2, 0.25) is 0 Å². The van der Waals surface area contributed by atoms with E-state index in [0.29, 0.717) is 34.0 Å². The molecule has 0 aliphatic carbocycles. The van der Waals surface area contributed by atoms with Crippen molar-refractivity contribution in [3.05, 3.63) is 150 Å². The average Bonchev–Trinajstić information content (AvgIpc) is 3.11. The van der Waals surface area contributed by atoms with Gasteiger partial charge in [0.2, 0.25) is 5.91 Å². The Balaban J connectivity index is 1.37. The van der Waals surface area contributed by atoms with Crippen LogP contribution in [0.5, 0.6) is 11.5 Å². The van der Waals surface area contributed by atoms with E-state index in [-0.39, 0.29) is 11.6 Å². The largest absolute Gasteiger partial charge is 0.497 e. The first-order valence-corrected chi connectivity index (χ1v) is 15.4.